The summed E-state index contributed by atoms with van der Waals surface area (Å²) < 4.78 is 24.1. The molecule has 0 saturated carbocycles. The maximum Gasteiger partial charge on any atom is 0.328 e. The number of carbonyl (C=O) groups is 2. The van der Waals surface area contributed by atoms with Crippen LogP contribution in [0, 0.1) is 19.7 Å². The van der Waals surface area contributed by atoms with Crippen molar-refractivity contribution in [2.24, 2.45) is 4.99 Å². The predicted octanol–water partition coefficient (Wildman–Crippen LogP) is 4.00. The zero-order chi connectivity index (χ0) is 23.9. The number of methoxy groups -OCH3 is 1. The van der Waals surface area contributed by atoms with Gasteiger partial charge in [-0.05, 0) is 76.2 Å². The van der Waals surface area contributed by atoms with E-state index in [0.29, 0.717) is 0 Å². The maximum absolute atomic E-state index is 13.6. The first-order chi connectivity index (χ1) is 14.5. The van der Waals surface area contributed by atoms with E-state index in [1.807, 2.05) is 6.92 Å². The largest absolute Gasteiger partial charge is 0.503 e. The van der Waals surface area contributed by atoms with Gasteiger partial charge in [-0.2, -0.15) is 0 Å². The number of aliphatic hydroxyl groups excluding tert-OH is 1. The topological polar surface area (TPSA) is 97.2 Å². The van der Waals surface area contributed by atoms with Crippen molar-refractivity contribution >= 4 is 18.6 Å². The molecule has 7 nitrogen and oxygen atoms in total. The Morgan fingerprint density at radius 2 is 1.77 bits per heavy atom. The van der Waals surface area contributed by atoms with Gasteiger partial charge in [-0.15, -0.1) is 0 Å². The van der Waals surface area contributed by atoms with Crippen molar-refractivity contribution in [1.82, 2.24) is 5.32 Å². The van der Waals surface area contributed by atoms with E-state index in [1.54, 1.807) is 27.7 Å². The van der Waals surface area contributed by atoms with Crippen LogP contribution in [0.25, 0.3) is 0 Å². The predicted molar refractivity (Wildman–Crippen MR) is 117 cm³/mol. The van der Waals surface area contributed by atoms with Crippen LogP contribution in [0.15, 0.2) is 40.4 Å². The third kappa shape index (κ3) is 6.41. The molecule has 0 unspecified atom stereocenters. The summed E-state index contributed by atoms with van der Waals surface area (Å²) in [5.41, 5.74) is 2.07. The number of aryl methyl sites for hydroxylation is 2. The summed E-state index contributed by atoms with van der Waals surface area (Å²) in [6.45, 7) is 13.6. The van der Waals surface area contributed by atoms with Crippen LogP contribution < -0.4 is 5.32 Å². The minimum Gasteiger partial charge on any atom is -0.503 e. The minimum absolute atomic E-state index is 0.0419. The molecule has 0 saturated heterocycles. The SMILES string of the molecule is C=N/C(C(=O)N[C@@H](C)C(=O)O[C@H](C)[C@H](C)c1c(C)cc(F)cc1C)=C(O)\C(=C/C)OC. The van der Waals surface area contributed by atoms with Gasteiger partial charge in [0.25, 0.3) is 5.91 Å². The third-order valence-electron chi connectivity index (χ3n) is 5.03. The quantitative estimate of drug-likeness (QED) is 0.201. The highest BCUT2D eigenvalue weighted by Crippen LogP contribution is 2.28. The van der Waals surface area contributed by atoms with E-state index in [4.69, 9.17) is 9.47 Å². The fourth-order valence-electron chi connectivity index (χ4n) is 3.31. The molecule has 0 bridgehead atoms. The molecule has 1 aromatic carbocycles. The van der Waals surface area contributed by atoms with Crippen molar-refractivity contribution in [2.75, 3.05) is 7.11 Å². The lowest BCUT2D eigenvalue weighted by molar-refractivity contribution is -0.152. The van der Waals surface area contributed by atoms with E-state index >= 15 is 0 Å². The minimum atomic E-state index is -1.02. The first-order valence-electron chi connectivity index (χ1n) is 9.87. The van der Waals surface area contributed by atoms with Crippen LogP contribution in [0.1, 0.15) is 50.3 Å². The molecule has 0 radical (unpaired) electrons. The molecule has 0 fully saturated rings. The van der Waals surface area contributed by atoms with E-state index in [2.05, 4.69) is 17.0 Å². The van der Waals surface area contributed by atoms with Gasteiger partial charge in [0.1, 0.15) is 18.0 Å². The van der Waals surface area contributed by atoms with Crippen LogP contribution in [0.2, 0.25) is 0 Å². The summed E-state index contributed by atoms with van der Waals surface area (Å²) >= 11 is 0. The lowest BCUT2D eigenvalue weighted by atomic mass is 9.88. The molecular formula is C23H31FN2O5. The zero-order valence-electron chi connectivity index (χ0n) is 19.1. The van der Waals surface area contributed by atoms with Crippen LogP contribution in [0.5, 0.6) is 0 Å². The van der Waals surface area contributed by atoms with Crippen LogP contribution in [-0.4, -0.2) is 43.0 Å². The van der Waals surface area contributed by atoms with Gasteiger partial charge in [-0.25, -0.2) is 9.18 Å². The number of hydrogen-bond acceptors (Lipinski definition) is 6. The Balaban J connectivity index is 2.91. The number of rotatable bonds is 9. The van der Waals surface area contributed by atoms with Crippen molar-refractivity contribution < 1.29 is 28.6 Å². The number of aliphatic imine (C=N–C) groups is 1. The standard InChI is InChI=1S/C23H31FN2O5/c1-9-18(30-8)21(27)20(25-7)22(28)26-15(5)23(29)31-16(6)14(4)19-12(2)10-17(24)11-13(19)3/h9-11,14-16,27H,7H2,1-6,8H3,(H,26,28)/b18-9+,21-20+/t14-,15-,16+/m0/s1. The molecule has 1 aromatic rings. The number of nitrogens with one attached hydrogen (secondary N) is 1. The molecule has 8 heteroatoms. The number of benzene rings is 1. The molecule has 0 aromatic heterocycles. The summed E-state index contributed by atoms with van der Waals surface area (Å²) in [6.07, 6.45) is 0.923. The number of aliphatic hydroxyl groups is 1. The number of halogens is 1. The summed E-state index contributed by atoms with van der Waals surface area (Å²) in [4.78, 5) is 28.5. The number of amides is 1. The van der Waals surface area contributed by atoms with Crippen molar-refractivity contribution in [2.45, 2.75) is 59.6 Å². The Kier molecular flexibility index (Phi) is 9.42. The van der Waals surface area contributed by atoms with Gasteiger partial charge in [0.2, 0.25) is 0 Å². The second kappa shape index (κ2) is 11.3. The molecule has 31 heavy (non-hydrogen) atoms. The lowest BCUT2D eigenvalue weighted by Gasteiger charge is -2.25. The van der Waals surface area contributed by atoms with E-state index in [0.717, 1.165) is 16.7 Å². The molecule has 1 rings (SSSR count). The van der Waals surface area contributed by atoms with Crippen LogP contribution in [-0.2, 0) is 19.1 Å². The first-order valence-corrected chi connectivity index (χ1v) is 9.87. The van der Waals surface area contributed by atoms with Crippen LogP contribution >= 0.6 is 0 Å². The number of hydrogen-bond donors (Lipinski definition) is 2. The molecule has 0 aliphatic heterocycles. The van der Waals surface area contributed by atoms with Gasteiger partial charge >= 0.3 is 5.97 Å². The number of ether oxygens (including phenoxy) is 2. The Morgan fingerprint density at radius 3 is 2.23 bits per heavy atom. The average molecular weight is 435 g/mol. The molecule has 0 aliphatic carbocycles. The molecular weight excluding hydrogens is 403 g/mol. The Bertz CT molecular complexity index is 884. The van der Waals surface area contributed by atoms with Gasteiger partial charge in [0, 0.05) is 5.92 Å². The normalized spacial score (nSPS) is 15.3. The van der Waals surface area contributed by atoms with E-state index in [1.165, 1.54) is 32.2 Å². The fourth-order valence-corrected chi connectivity index (χ4v) is 3.31. The van der Waals surface area contributed by atoms with E-state index in [-0.39, 0.29) is 23.2 Å². The Labute approximate surface area is 182 Å². The molecule has 0 heterocycles. The smallest absolute Gasteiger partial charge is 0.328 e. The highest BCUT2D eigenvalue weighted by molar-refractivity contribution is 5.97. The molecule has 2 N–H and O–H groups in total. The number of allylic oxidation sites excluding steroid dienone is 1. The van der Waals surface area contributed by atoms with Gasteiger partial charge in [-0.1, -0.05) is 6.92 Å². The summed E-state index contributed by atoms with van der Waals surface area (Å²) in [5, 5.41) is 12.6. The van der Waals surface area contributed by atoms with Crippen molar-refractivity contribution in [3.8, 4) is 0 Å². The second-order valence-corrected chi connectivity index (χ2v) is 7.29. The zero-order valence-corrected chi connectivity index (χ0v) is 19.1. The molecule has 170 valence electrons. The van der Waals surface area contributed by atoms with E-state index in [9.17, 15) is 19.1 Å². The third-order valence-corrected chi connectivity index (χ3v) is 5.03. The highest BCUT2D eigenvalue weighted by Gasteiger charge is 2.27. The van der Waals surface area contributed by atoms with E-state index < -0.39 is 29.8 Å². The molecule has 0 aliphatic rings. The lowest BCUT2D eigenvalue weighted by Crippen LogP contribution is -2.42. The Morgan fingerprint density at radius 1 is 1.23 bits per heavy atom. The average Bonchev–Trinajstić information content (AvgIpc) is 2.68. The number of carbonyl (C=O) groups excluding carboxylic acids is 2. The van der Waals surface area contributed by atoms with Gasteiger partial charge in [0.15, 0.2) is 17.2 Å². The second-order valence-electron chi connectivity index (χ2n) is 7.29. The molecule has 3 atom stereocenters. The summed E-state index contributed by atoms with van der Waals surface area (Å²) in [7, 11) is 1.33. The van der Waals surface area contributed by atoms with Crippen LogP contribution in [0.3, 0.4) is 0 Å². The van der Waals surface area contributed by atoms with Gasteiger partial charge < -0.3 is 19.9 Å². The fraction of sp³-hybridized carbons (Fsp3) is 0.435. The van der Waals surface area contributed by atoms with Gasteiger partial charge in [-0.3, -0.25) is 9.79 Å². The Hall–Kier alpha value is -3.16. The summed E-state index contributed by atoms with van der Waals surface area (Å²) in [6, 6.07) is 1.87. The number of esters is 1. The van der Waals surface area contributed by atoms with Gasteiger partial charge in [0.05, 0.1) is 7.11 Å². The van der Waals surface area contributed by atoms with Crippen LogP contribution in [0.4, 0.5) is 4.39 Å². The van der Waals surface area contributed by atoms with Crippen molar-refractivity contribution in [3.63, 3.8) is 0 Å². The molecule has 1 amide bonds. The maximum atomic E-state index is 13.6. The summed E-state index contributed by atoms with van der Waals surface area (Å²) in [5.74, 6) is -2.43. The molecule has 0 spiro atoms. The van der Waals surface area contributed by atoms with Crippen molar-refractivity contribution in [1.29, 1.82) is 0 Å². The highest BCUT2D eigenvalue weighted by atomic mass is 19.1. The van der Waals surface area contributed by atoms with Crippen molar-refractivity contribution in [3.05, 3.63) is 57.9 Å². The number of nitrogens with zero attached hydrogens (tertiary/aromatic N) is 1. The monoisotopic (exact) mass is 434 g/mol. The first kappa shape index (κ1) is 25.9.